The van der Waals surface area contributed by atoms with Crippen molar-refractivity contribution in [1.82, 2.24) is 10.2 Å². The molecule has 0 aromatic heterocycles. The molecule has 1 aromatic rings. The van der Waals surface area contributed by atoms with E-state index < -0.39 is 11.9 Å². The van der Waals surface area contributed by atoms with E-state index in [0.29, 0.717) is 24.2 Å². The number of carbonyl (C=O) groups excluding carboxylic acids is 3. The van der Waals surface area contributed by atoms with E-state index >= 15 is 0 Å². The Morgan fingerprint density at radius 1 is 1.25 bits per heavy atom. The van der Waals surface area contributed by atoms with Crippen molar-refractivity contribution in [3.63, 3.8) is 0 Å². The summed E-state index contributed by atoms with van der Waals surface area (Å²) >= 11 is 0. The Hall–Kier alpha value is -1.37. The SMILES string of the molecule is Nc1cccc2c1CN(C1CCC(=O)NC1=O)C2=O.[Na]. The van der Waals surface area contributed by atoms with Crippen LogP contribution in [0.3, 0.4) is 0 Å². The van der Waals surface area contributed by atoms with E-state index in [2.05, 4.69) is 5.32 Å². The third-order valence-corrected chi connectivity index (χ3v) is 3.62. The summed E-state index contributed by atoms with van der Waals surface area (Å²) in [5.74, 6) is -0.891. The first-order valence-corrected chi connectivity index (χ1v) is 6.10. The molecule has 3 amide bonds. The molecule has 99 valence electrons. The topological polar surface area (TPSA) is 92.5 Å². The number of anilines is 1. The smallest absolute Gasteiger partial charge is 0.255 e. The molecule has 2 aliphatic heterocycles. The van der Waals surface area contributed by atoms with Gasteiger partial charge in [-0.15, -0.1) is 0 Å². The number of imide groups is 1. The van der Waals surface area contributed by atoms with Crippen LogP contribution >= 0.6 is 0 Å². The number of rotatable bonds is 1. The van der Waals surface area contributed by atoms with Crippen molar-refractivity contribution in [2.45, 2.75) is 25.4 Å². The van der Waals surface area contributed by atoms with Crippen LogP contribution in [0.4, 0.5) is 5.69 Å². The molecule has 0 spiro atoms. The molecule has 3 N–H and O–H groups in total. The van der Waals surface area contributed by atoms with Crippen LogP contribution in [0.5, 0.6) is 0 Å². The van der Waals surface area contributed by atoms with Crippen molar-refractivity contribution in [2.75, 3.05) is 5.73 Å². The zero-order chi connectivity index (χ0) is 13.6. The van der Waals surface area contributed by atoms with Crippen LogP contribution in [0.1, 0.15) is 28.8 Å². The van der Waals surface area contributed by atoms with Crippen molar-refractivity contribution in [3.8, 4) is 0 Å². The number of nitrogen functional groups attached to an aromatic ring is 1. The number of hydrogen-bond donors (Lipinski definition) is 2. The molecule has 1 saturated heterocycles. The second-order valence-electron chi connectivity index (χ2n) is 4.77. The Morgan fingerprint density at radius 3 is 2.65 bits per heavy atom. The van der Waals surface area contributed by atoms with Gasteiger partial charge in [-0.3, -0.25) is 19.7 Å². The minimum Gasteiger partial charge on any atom is -0.398 e. The van der Waals surface area contributed by atoms with Crippen LogP contribution in [0.25, 0.3) is 0 Å². The second-order valence-corrected chi connectivity index (χ2v) is 4.77. The number of nitrogens with zero attached hydrogens (tertiary/aromatic N) is 1. The molecule has 1 atom stereocenters. The first kappa shape index (κ1) is 15.0. The fourth-order valence-corrected chi connectivity index (χ4v) is 2.61. The standard InChI is InChI=1S/C13H13N3O3.Na/c14-9-3-1-2-7-8(9)6-16(13(7)19)10-4-5-11(17)15-12(10)18;/h1-3,10H,4-6,14H2,(H,15,17,18);. The molecule has 3 rings (SSSR count). The van der Waals surface area contributed by atoms with Gasteiger partial charge in [0.15, 0.2) is 0 Å². The van der Waals surface area contributed by atoms with Gasteiger partial charge in [-0.1, -0.05) is 6.07 Å². The van der Waals surface area contributed by atoms with E-state index in [0.717, 1.165) is 5.56 Å². The summed E-state index contributed by atoms with van der Waals surface area (Å²) in [5, 5.41) is 2.27. The summed E-state index contributed by atoms with van der Waals surface area (Å²) in [6.45, 7) is 0.327. The average Bonchev–Trinajstić information content (AvgIpc) is 2.69. The molecule has 7 heteroatoms. The zero-order valence-corrected chi connectivity index (χ0v) is 13.2. The van der Waals surface area contributed by atoms with Crippen molar-refractivity contribution < 1.29 is 14.4 Å². The Kier molecular flexibility index (Phi) is 4.17. The molecule has 2 aliphatic rings. The van der Waals surface area contributed by atoms with Gasteiger partial charge in [0, 0.05) is 59.3 Å². The summed E-state index contributed by atoms with van der Waals surface area (Å²) in [6.07, 6.45) is 0.621. The second kappa shape index (κ2) is 5.55. The summed E-state index contributed by atoms with van der Waals surface area (Å²) in [4.78, 5) is 36.7. The number of amides is 3. The van der Waals surface area contributed by atoms with E-state index in [-0.39, 0.29) is 47.8 Å². The van der Waals surface area contributed by atoms with Gasteiger partial charge in [-0.05, 0) is 18.6 Å². The number of benzene rings is 1. The zero-order valence-electron chi connectivity index (χ0n) is 11.2. The molecule has 1 aromatic carbocycles. The fourth-order valence-electron chi connectivity index (χ4n) is 2.61. The van der Waals surface area contributed by atoms with Crippen LogP contribution in [0, 0.1) is 0 Å². The molecular formula is C13H13N3NaO3. The van der Waals surface area contributed by atoms with E-state index in [1.807, 2.05) is 0 Å². The van der Waals surface area contributed by atoms with Gasteiger partial charge in [0.1, 0.15) is 6.04 Å². The first-order valence-electron chi connectivity index (χ1n) is 6.10. The minimum atomic E-state index is -0.586. The maximum absolute atomic E-state index is 12.3. The monoisotopic (exact) mass is 282 g/mol. The number of fused-ring (bicyclic) bond motifs is 1. The molecular weight excluding hydrogens is 269 g/mol. The molecule has 2 heterocycles. The first-order chi connectivity index (χ1) is 9.08. The Labute approximate surface area is 138 Å². The molecule has 1 fully saturated rings. The van der Waals surface area contributed by atoms with Gasteiger partial charge in [-0.25, -0.2) is 0 Å². The van der Waals surface area contributed by atoms with E-state index in [1.165, 1.54) is 4.90 Å². The Balaban J connectivity index is 0.00000147. The van der Waals surface area contributed by atoms with E-state index in [1.54, 1.807) is 18.2 Å². The van der Waals surface area contributed by atoms with Crippen LogP contribution in [0.15, 0.2) is 18.2 Å². The maximum atomic E-state index is 12.3. The van der Waals surface area contributed by atoms with Gasteiger partial charge < -0.3 is 10.6 Å². The van der Waals surface area contributed by atoms with Crippen molar-refractivity contribution >= 4 is 53.0 Å². The van der Waals surface area contributed by atoms with Crippen LogP contribution in [-0.2, 0) is 16.1 Å². The molecule has 1 radical (unpaired) electrons. The van der Waals surface area contributed by atoms with Gasteiger partial charge in [0.25, 0.3) is 5.91 Å². The summed E-state index contributed by atoms with van der Waals surface area (Å²) < 4.78 is 0. The average molecular weight is 282 g/mol. The Morgan fingerprint density at radius 2 is 2.00 bits per heavy atom. The van der Waals surface area contributed by atoms with Crippen molar-refractivity contribution in [3.05, 3.63) is 29.3 Å². The maximum Gasteiger partial charge on any atom is 0.255 e. The Bertz CT molecular complexity index is 603. The van der Waals surface area contributed by atoms with Gasteiger partial charge in [0.05, 0.1) is 0 Å². The number of carbonyl (C=O) groups is 3. The largest absolute Gasteiger partial charge is 0.398 e. The van der Waals surface area contributed by atoms with Crippen LogP contribution in [-0.4, -0.2) is 58.2 Å². The third-order valence-electron chi connectivity index (χ3n) is 3.62. The quantitative estimate of drug-likeness (QED) is 0.418. The van der Waals surface area contributed by atoms with Crippen molar-refractivity contribution in [1.29, 1.82) is 0 Å². The van der Waals surface area contributed by atoms with Crippen LogP contribution in [0.2, 0.25) is 0 Å². The number of nitrogens with two attached hydrogens (primary N) is 1. The van der Waals surface area contributed by atoms with Gasteiger partial charge >= 0.3 is 0 Å². The fraction of sp³-hybridized carbons (Fsp3) is 0.308. The molecule has 0 bridgehead atoms. The molecule has 0 aliphatic carbocycles. The minimum absolute atomic E-state index is 0. The third kappa shape index (κ3) is 2.34. The van der Waals surface area contributed by atoms with Gasteiger partial charge in [0.2, 0.25) is 11.8 Å². The van der Waals surface area contributed by atoms with Gasteiger partial charge in [-0.2, -0.15) is 0 Å². The van der Waals surface area contributed by atoms with Crippen LogP contribution < -0.4 is 11.1 Å². The summed E-state index contributed by atoms with van der Waals surface area (Å²) in [5.41, 5.74) is 7.71. The summed E-state index contributed by atoms with van der Waals surface area (Å²) in [7, 11) is 0. The number of piperidine rings is 1. The number of nitrogens with one attached hydrogen (secondary N) is 1. The predicted molar refractivity (Wildman–Crippen MR) is 72.7 cm³/mol. The molecule has 0 saturated carbocycles. The van der Waals surface area contributed by atoms with Crippen molar-refractivity contribution in [2.24, 2.45) is 0 Å². The normalized spacial score (nSPS) is 21.3. The number of hydrogen-bond acceptors (Lipinski definition) is 4. The molecule has 1 unspecified atom stereocenters. The van der Waals surface area contributed by atoms with E-state index in [4.69, 9.17) is 5.73 Å². The summed E-state index contributed by atoms with van der Waals surface area (Å²) in [6, 6.07) is 4.58. The molecule has 20 heavy (non-hydrogen) atoms. The predicted octanol–water partition coefficient (Wildman–Crippen LogP) is -0.351. The van der Waals surface area contributed by atoms with E-state index in [9.17, 15) is 14.4 Å². The molecule has 6 nitrogen and oxygen atoms in total.